The fourth-order valence-corrected chi connectivity index (χ4v) is 2.15. The maximum absolute atomic E-state index is 11.3. The fourth-order valence-electron chi connectivity index (χ4n) is 2.02. The van der Waals surface area contributed by atoms with Crippen LogP contribution in [0.5, 0.6) is 0 Å². The third-order valence-corrected chi connectivity index (χ3v) is 3.26. The molecule has 0 aliphatic carbocycles. The van der Waals surface area contributed by atoms with Crippen molar-refractivity contribution in [2.24, 2.45) is 0 Å². The molecule has 2 rings (SSSR count). The van der Waals surface area contributed by atoms with Crippen LogP contribution in [-0.2, 0) is 11.2 Å². The van der Waals surface area contributed by atoms with Crippen molar-refractivity contribution in [2.45, 2.75) is 19.3 Å². The van der Waals surface area contributed by atoms with E-state index in [1.807, 2.05) is 49.4 Å². The van der Waals surface area contributed by atoms with Gasteiger partial charge in [-0.3, -0.25) is 0 Å². The molecule has 2 heteroatoms. The molecular weight excluding hydrogens is 244 g/mol. The van der Waals surface area contributed by atoms with Crippen LogP contribution in [0.2, 0.25) is 5.02 Å². The van der Waals surface area contributed by atoms with Crippen molar-refractivity contribution in [3.05, 3.63) is 70.2 Å². The van der Waals surface area contributed by atoms with E-state index in [1.54, 1.807) is 0 Å². The Hall–Kier alpha value is -1.60. The lowest BCUT2D eigenvalue weighted by atomic mass is 9.92. The summed E-state index contributed by atoms with van der Waals surface area (Å²) in [7, 11) is 0. The SMILES string of the molecule is Cc1cccc(C(C=O)Cc2ccc(Cl)cc2)c1. The largest absolute Gasteiger partial charge is 0.303 e. The molecule has 0 aliphatic heterocycles. The number of rotatable bonds is 4. The van der Waals surface area contributed by atoms with Crippen molar-refractivity contribution < 1.29 is 4.79 Å². The molecule has 0 amide bonds. The molecule has 18 heavy (non-hydrogen) atoms. The molecular formula is C16H15ClO. The summed E-state index contributed by atoms with van der Waals surface area (Å²) in [4.78, 5) is 11.3. The minimum Gasteiger partial charge on any atom is -0.303 e. The van der Waals surface area contributed by atoms with Crippen molar-refractivity contribution in [1.82, 2.24) is 0 Å². The number of carbonyl (C=O) groups excluding carboxylic acids is 1. The number of aryl methyl sites for hydroxylation is 1. The maximum Gasteiger partial charge on any atom is 0.127 e. The van der Waals surface area contributed by atoms with E-state index < -0.39 is 0 Å². The minimum atomic E-state index is -0.0916. The van der Waals surface area contributed by atoms with Crippen LogP contribution in [0, 0.1) is 6.92 Å². The Bertz CT molecular complexity index is 531. The van der Waals surface area contributed by atoms with Crippen LogP contribution in [0.25, 0.3) is 0 Å². The van der Waals surface area contributed by atoms with Gasteiger partial charge >= 0.3 is 0 Å². The second kappa shape index (κ2) is 5.83. The summed E-state index contributed by atoms with van der Waals surface area (Å²) >= 11 is 5.85. The number of carbonyl (C=O) groups is 1. The lowest BCUT2D eigenvalue weighted by Gasteiger charge is -2.11. The van der Waals surface area contributed by atoms with Gasteiger partial charge in [0.2, 0.25) is 0 Å². The molecule has 0 radical (unpaired) electrons. The summed E-state index contributed by atoms with van der Waals surface area (Å²) in [6.45, 7) is 2.04. The summed E-state index contributed by atoms with van der Waals surface area (Å²) in [6, 6.07) is 15.7. The molecule has 1 atom stereocenters. The van der Waals surface area contributed by atoms with Crippen molar-refractivity contribution in [3.63, 3.8) is 0 Å². The molecule has 1 unspecified atom stereocenters. The van der Waals surface area contributed by atoms with Gasteiger partial charge in [-0.05, 0) is 36.6 Å². The molecule has 0 N–H and O–H groups in total. The van der Waals surface area contributed by atoms with E-state index in [-0.39, 0.29) is 5.92 Å². The summed E-state index contributed by atoms with van der Waals surface area (Å²) < 4.78 is 0. The lowest BCUT2D eigenvalue weighted by Crippen LogP contribution is -2.04. The Balaban J connectivity index is 2.19. The normalized spacial score (nSPS) is 12.1. The average Bonchev–Trinajstić information content (AvgIpc) is 2.38. The standard InChI is InChI=1S/C16H15ClO/c1-12-3-2-4-14(9-12)15(11-18)10-13-5-7-16(17)8-6-13/h2-9,11,15H,10H2,1H3. The van der Waals surface area contributed by atoms with E-state index in [9.17, 15) is 4.79 Å². The van der Waals surface area contributed by atoms with Gasteiger partial charge < -0.3 is 4.79 Å². The van der Waals surface area contributed by atoms with Gasteiger partial charge in [-0.2, -0.15) is 0 Å². The van der Waals surface area contributed by atoms with Crippen LogP contribution in [0.3, 0.4) is 0 Å². The zero-order chi connectivity index (χ0) is 13.0. The van der Waals surface area contributed by atoms with Gasteiger partial charge in [0.1, 0.15) is 6.29 Å². The third-order valence-electron chi connectivity index (χ3n) is 3.00. The Morgan fingerprint density at radius 3 is 2.50 bits per heavy atom. The monoisotopic (exact) mass is 258 g/mol. The van der Waals surface area contributed by atoms with Crippen molar-refractivity contribution in [3.8, 4) is 0 Å². The summed E-state index contributed by atoms with van der Waals surface area (Å²) in [5.74, 6) is -0.0916. The molecule has 1 nitrogen and oxygen atoms in total. The number of hydrogen-bond donors (Lipinski definition) is 0. The number of hydrogen-bond acceptors (Lipinski definition) is 1. The van der Waals surface area contributed by atoms with E-state index in [0.29, 0.717) is 6.42 Å². The first kappa shape index (κ1) is 12.8. The van der Waals surface area contributed by atoms with Crippen LogP contribution in [-0.4, -0.2) is 6.29 Å². The van der Waals surface area contributed by atoms with Crippen LogP contribution < -0.4 is 0 Å². The van der Waals surface area contributed by atoms with E-state index in [2.05, 4.69) is 6.07 Å². The van der Waals surface area contributed by atoms with Crippen molar-refractivity contribution >= 4 is 17.9 Å². The molecule has 0 spiro atoms. The molecule has 0 saturated heterocycles. The van der Waals surface area contributed by atoms with E-state index in [4.69, 9.17) is 11.6 Å². The van der Waals surface area contributed by atoms with Gasteiger partial charge in [-0.25, -0.2) is 0 Å². The predicted molar refractivity (Wildman–Crippen MR) is 75.1 cm³/mol. The van der Waals surface area contributed by atoms with Gasteiger partial charge in [0, 0.05) is 10.9 Å². The topological polar surface area (TPSA) is 17.1 Å². The highest BCUT2D eigenvalue weighted by atomic mass is 35.5. The zero-order valence-electron chi connectivity index (χ0n) is 10.3. The molecule has 0 aliphatic rings. The first-order valence-corrected chi connectivity index (χ1v) is 6.33. The molecule has 0 bridgehead atoms. The second-order valence-electron chi connectivity index (χ2n) is 4.49. The Morgan fingerprint density at radius 2 is 1.89 bits per heavy atom. The first-order chi connectivity index (χ1) is 8.69. The predicted octanol–water partition coefficient (Wildman–Crippen LogP) is 4.17. The van der Waals surface area contributed by atoms with Gasteiger partial charge in [-0.1, -0.05) is 53.6 Å². The first-order valence-electron chi connectivity index (χ1n) is 5.95. The highest BCUT2D eigenvalue weighted by Gasteiger charge is 2.11. The Morgan fingerprint density at radius 1 is 1.17 bits per heavy atom. The van der Waals surface area contributed by atoms with Crippen molar-refractivity contribution in [1.29, 1.82) is 0 Å². The summed E-state index contributed by atoms with van der Waals surface area (Å²) in [5.41, 5.74) is 3.37. The van der Waals surface area contributed by atoms with E-state index in [1.165, 1.54) is 5.56 Å². The highest BCUT2D eigenvalue weighted by molar-refractivity contribution is 6.30. The minimum absolute atomic E-state index is 0.0916. The number of aldehydes is 1. The van der Waals surface area contributed by atoms with Crippen LogP contribution in [0.1, 0.15) is 22.6 Å². The van der Waals surface area contributed by atoms with Gasteiger partial charge in [0.15, 0.2) is 0 Å². The Labute approximate surface area is 112 Å². The molecule has 2 aromatic carbocycles. The molecule has 0 heterocycles. The molecule has 2 aromatic rings. The molecule has 0 fully saturated rings. The zero-order valence-corrected chi connectivity index (χ0v) is 11.0. The van der Waals surface area contributed by atoms with Crippen LogP contribution in [0.4, 0.5) is 0 Å². The van der Waals surface area contributed by atoms with Gasteiger partial charge in [0.05, 0.1) is 0 Å². The van der Waals surface area contributed by atoms with Crippen LogP contribution >= 0.6 is 11.6 Å². The van der Waals surface area contributed by atoms with E-state index in [0.717, 1.165) is 22.4 Å². The lowest BCUT2D eigenvalue weighted by molar-refractivity contribution is -0.109. The maximum atomic E-state index is 11.3. The van der Waals surface area contributed by atoms with Gasteiger partial charge in [0.25, 0.3) is 0 Å². The molecule has 92 valence electrons. The fraction of sp³-hybridized carbons (Fsp3) is 0.188. The molecule has 0 aromatic heterocycles. The quantitative estimate of drug-likeness (QED) is 0.752. The second-order valence-corrected chi connectivity index (χ2v) is 4.92. The third kappa shape index (κ3) is 3.21. The smallest absolute Gasteiger partial charge is 0.127 e. The van der Waals surface area contributed by atoms with Crippen LogP contribution in [0.15, 0.2) is 48.5 Å². The molecule has 0 saturated carbocycles. The van der Waals surface area contributed by atoms with Crippen molar-refractivity contribution in [2.75, 3.05) is 0 Å². The highest BCUT2D eigenvalue weighted by Crippen LogP contribution is 2.21. The van der Waals surface area contributed by atoms with E-state index >= 15 is 0 Å². The summed E-state index contributed by atoms with van der Waals surface area (Å²) in [6.07, 6.45) is 1.73. The number of halogens is 1. The summed E-state index contributed by atoms with van der Waals surface area (Å²) in [5, 5.41) is 0.719. The Kier molecular flexibility index (Phi) is 4.16. The van der Waals surface area contributed by atoms with Gasteiger partial charge in [-0.15, -0.1) is 0 Å². The average molecular weight is 259 g/mol. The number of benzene rings is 2.